The lowest BCUT2D eigenvalue weighted by Gasteiger charge is -2.39. The van der Waals surface area contributed by atoms with Gasteiger partial charge in [0.15, 0.2) is 0 Å². The zero-order valence-electron chi connectivity index (χ0n) is 19.7. The average Bonchev–Trinajstić information content (AvgIpc) is 3.24. The van der Waals surface area contributed by atoms with Gasteiger partial charge in [0, 0.05) is 10.8 Å². The maximum atomic E-state index is 11.2. The van der Waals surface area contributed by atoms with E-state index in [1.807, 2.05) is 48.6 Å². The Morgan fingerprint density at radius 2 is 1.32 bits per heavy atom. The highest BCUT2D eigenvalue weighted by Gasteiger charge is 2.45. The van der Waals surface area contributed by atoms with Gasteiger partial charge in [-0.1, -0.05) is 64.1 Å². The number of fused-ring (bicyclic) bond motifs is 2. The lowest BCUT2D eigenvalue weighted by Crippen LogP contribution is -2.40. The van der Waals surface area contributed by atoms with Gasteiger partial charge in [0.2, 0.25) is 0 Å². The number of rotatable bonds is 3. The standard InChI is InChI=1S/C29H26N4O/c1-28(2)20-9-5-7-11-22(20)32-24(28)13-18-26(17(15-30)16-31)19(27(18)34)14-25-29(3,4)21-10-6-8-12-23(21)33-25/h5-14,26-27,30,34H,1-4H3/b18-13-,19-14-. The molecule has 3 aliphatic rings. The Balaban J connectivity index is 1.57. The third-order valence-corrected chi connectivity index (χ3v) is 7.37. The van der Waals surface area contributed by atoms with Crippen LogP contribution in [-0.4, -0.2) is 28.5 Å². The molecule has 1 aliphatic carbocycles. The smallest absolute Gasteiger partial charge is 0.106 e. The molecular weight excluding hydrogens is 420 g/mol. The number of hydrogen-bond donors (Lipinski definition) is 2. The first-order valence-corrected chi connectivity index (χ1v) is 11.4. The van der Waals surface area contributed by atoms with Crippen LogP contribution in [0.4, 0.5) is 11.4 Å². The predicted octanol–water partition coefficient (Wildman–Crippen LogP) is 5.66. The van der Waals surface area contributed by atoms with Crippen LogP contribution in [0.1, 0.15) is 38.8 Å². The van der Waals surface area contributed by atoms with Gasteiger partial charge in [-0.3, -0.25) is 15.4 Å². The van der Waals surface area contributed by atoms with Crippen LogP contribution in [0.2, 0.25) is 0 Å². The molecule has 5 nitrogen and oxygen atoms in total. The zero-order valence-corrected chi connectivity index (χ0v) is 19.7. The molecule has 34 heavy (non-hydrogen) atoms. The summed E-state index contributed by atoms with van der Waals surface area (Å²) in [6, 6.07) is 18.1. The molecule has 168 valence electrons. The van der Waals surface area contributed by atoms with Crippen molar-refractivity contribution in [1.29, 1.82) is 10.7 Å². The Morgan fingerprint density at radius 3 is 1.71 bits per heavy atom. The summed E-state index contributed by atoms with van der Waals surface area (Å²) in [4.78, 5) is 9.62. The zero-order chi connectivity index (χ0) is 24.3. The third kappa shape index (κ3) is 3.08. The van der Waals surface area contributed by atoms with Crippen molar-refractivity contribution in [2.24, 2.45) is 15.9 Å². The third-order valence-electron chi connectivity index (χ3n) is 7.37. The number of nitriles is 1. The van der Waals surface area contributed by atoms with Crippen molar-refractivity contribution in [3.8, 4) is 6.07 Å². The average molecular weight is 447 g/mol. The van der Waals surface area contributed by atoms with E-state index in [0.717, 1.165) is 33.9 Å². The van der Waals surface area contributed by atoms with Crippen LogP contribution in [0.15, 0.2) is 87.4 Å². The summed E-state index contributed by atoms with van der Waals surface area (Å²) in [6.07, 6.45) is 2.93. The molecule has 0 bridgehead atoms. The normalized spacial score (nSPS) is 25.5. The molecule has 1 fully saturated rings. The molecular formula is C29H26N4O. The van der Waals surface area contributed by atoms with Crippen molar-refractivity contribution >= 4 is 28.7 Å². The second kappa shape index (κ2) is 7.60. The fourth-order valence-electron chi connectivity index (χ4n) is 5.18. The van der Waals surface area contributed by atoms with Crippen LogP contribution in [0.3, 0.4) is 0 Å². The first kappa shape index (κ1) is 22.0. The highest BCUT2D eigenvalue weighted by molar-refractivity contribution is 6.11. The first-order chi connectivity index (χ1) is 16.2. The molecule has 0 amide bonds. The van der Waals surface area contributed by atoms with Gasteiger partial charge in [0.25, 0.3) is 0 Å². The van der Waals surface area contributed by atoms with Crippen molar-refractivity contribution in [1.82, 2.24) is 0 Å². The maximum absolute atomic E-state index is 11.2. The van der Waals surface area contributed by atoms with Crippen molar-refractivity contribution in [2.45, 2.75) is 44.6 Å². The van der Waals surface area contributed by atoms with Crippen molar-refractivity contribution < 1.29 is 5.11 Å². The Bertz CT molecular complexity index is 1350. The molecule has 2 N–H and O–H groups in total. The summed E-state index contributed by atoms with van der Waals surface area (Å²) in [6.45, 7) is 8.43. The second-order valence-electron chi connectivity index (χ2n) is 10.1. The summed E-state index contributed by atoms with van der Waals surface area (Å²) in [5, 5.41) is 28.6. The molecule has 5 heteroatoms. The lowest BCUT2D eigenvalue weighted by molar-refractivity contribution is 0.194. The molecule has 0 unspecified atom stereocenters. The summed E-state index contributed by atoms with van der Waals surface area (Å²) >= 11 is 0. The number of nitrogens with zero attached hydrogens (tertiary/aromatic N) is 3. The van der Waals surface area contributed by atoms with E-state index < -0.39 is 12.0 Å². The second-order valence-corrected chi connectivity index (χ2v) is 10.1. The van der Waals surface area contributed by atoms with Gasteiger partial charge in [-0.2, -0.15) is 5.26 Å². The van der Waals surface area contributed by atoms with E-state index in [-0.39, 0.29) is 16.4 Å². The van der Waals surface area contributed by atoms with Gasteiger partial charge in [0.05, 0.1) is 34.8 Å². The summed E-state index contributed by atoms with van der Waals surface area (Å²) in [5.41, 5.74) is 6.61. The predicted molar refractivity (Wildman–Crippen MR) is 136 cm³/mol. The van der Waals surface area contributed by atoms with Crippen molar-refractivity contribution in [3.05, 3.63) is 88.5 Å². The van der Waals surface area contributed by atoms with Crippen LogP contribution in [0.5, 0.6) is 0 Å². The van der Waals surface area contributed by atoms with Crippen molar-refractivity contribution in [2.75, 3.05) is 0 Å². The molecule has 2 aromatic carbocycles. The Morgan fingerprint density at radius 1 is 0.882 bits per heavy atom. The summed E-state index contributed by atoms with van der Waals surface area (Å²) < 4.78 is 0. The van der Waals surface area contributed by atoms with E-state index in [2.05, 4.69) is 51.8 Å². The van der Waals surface area contributed by atoms with Gasteiger partial charge in [-0.05, 0) is 52.4 Å². The Labute approximate surface area is 199 Å². The molecule has 2 heterocycles. The SMILES string of the molecule is CC1(C)C(/C=C2\C(O)/C(=C\C3=Nc4ccccc4C3(C)C)C2C(=C=N)C#N)=Nc2ccccc21. The minimum Gasteiger partial charge on any atom is -0.384 e. The lowest BCUT2D eigenvalue weighted by atomic mass is 9.65. The molecule has 0 radical (unpaired) electrons. The fraction of sp³-hybridized carbons (Fsp3) is 0.276. The molecule has 0 atom stereocenters. The van der Waals surface area contributed by atoms with Crippen molar-refractivity contribution in [3.63, 3.8) is 0 Å². The van der Waals surface area contributed by atoms with Gasteiger partial charge in [-0.25, -0.2) is 0 Å². The van der Waals surface area contributed by atoms with E-state index in [1.54, 1.807) is 0 Å². The number of aliphatic hydroxyl groups is 1. The number of benzene rings is 2. The summed E-state index contributed by atoms with van der Waals surface area (Å²) in [7, 11) is 0. The first-order valence-electron chi connectivity index (χ1n) is 11.4. The molecule has 0 saturated heterocycles. The minimum atomic E-state index is -0.869. The van der Waals surface area contributed by atoms with E-state index in [0.29, 0.717) is 11.1 Å². The van der Waals surface area contributed by atoms with Gasteiger partial charge < -0.3 is 5.11 Å². The molecule has 0 spiro atoms. The van der Waals surface area contributed by atoms with E-state index in [4.69, 9.17) is 15.4 Å². The molecule has 0 aromatic heterocycles. The fourth-order valence-corrected chi connectivity index (χ4v) is 5.18. The number of aliphatic hydroxyl groups excluding tert-OH is 1. The number of allylic oxidation sites excluding steroid dienone is 3. The van der Waals surface area contributed by atoms with Gasteiger partial charge in [0.1, 0.15) is 11.6 Å². The van der Waals surface area contributed by atoms with Gasteiger partial charge >= 0.3 is 0 Å². The molecule has 5 rings (SSSR count). The van der Waals surface area contributed by atoms with E-state index in [1.165, 1.54) is 0 Å². The van der Waals surface area contributed by atoms with Crippen LogP contribution < -0.4 is 0 Å². The van der Waals surface area contributed by atoms with Crippen LogP contribution in [0, 0.1) is 22.7 Å². The topological polar surface area (TPSA) is 92.6 Å². The Kier molecular flexibility index (Phi) is 4.91. The summed E-state index contributed by atoms with van der Waals surface area (Å²) in [5.74, 6) is 1.78. The van der Waals surface area contributed by atoms with Crippen LogP contribution in [-0.2, 0) is 10.8 Å². The van der Waals surface area contributed by atoms with Crippen LogP contribution in [0.25, 0.3) is 0 Å². The number of hydrogen-bond acceptors (Lipinski definition) is 5. The van der Waals surface area contributed by atoms with E-state index >= 15 is 0 Å². The molecule has 2 aromatic rings. The van der Waals surface area contributed by atoms with Crippen LogP contribution >= 0.6 is 0 Å². The quantitative estimate of drug-likeness (QED) is 0.470. The highest BCUT2D eigenvalue weighted by atomic mass is 16.3. The minimum absolute atomic E-state index is 0.172. The molecule has 2 aliphatic heterocycles. The molecule has 1 saturated carbocycles. The maximum Gasteiger partial charge on any atom is 0.106 e. The monoisotopic (exact) mass is 446 g/mol. The highest BCUT2D eigenvalue weighted by Crippen LogP contribution is 2.48. The number of para-hydroxylation sites is 2. The number of nitrogens with one attached hydrogen (secondary N) is 1. The largest absolute Gasteiger partial charge is 0.384 e. The Hall–Kier alpha value is -3.84. The van der Waals surface area contributed by atoms with E-state index in [9.17, 15) is 10.4 Å². The number of aliphatic imine (C=N–C) groups is 2. The van der Waals surface area contributed by atoms with Gasteiger partial charge in [-0.15, -0.1) is 0 Å².